The third-order valence-electron chi connectivity index (χ3n) is 7.72. The van der Waals surface area contributed by atoms with E-state index < -0.39 is 0 Å². The predicted octanol–water partition coefficient (Wildman–Crippen LogP) is 4.42. The molecule has 26 heavy (non-hydrogen) atoms. The van der Waals surface area contributed by atoms with Crippen molar-refractivity contribution in [3.63, 3.8) is 0 Å². The molecule has 3 saturated heterocycles. The highest BCUT2D eigenvalue weighted by molar-refractivity contribution is 4.87. The first-order valence-electron chi connectivity index (χ1n) is 11.9. The Bertz CT molecular complexity index is 391. The smallest absolute Gasteiger partial charge is 0.00954 e. The van der Waals surface area contributed by atoms with Crippen LogP contribution in [0.3, 0.4) is 0 Å². The summed E-state index contributed by atoms with van der Waals surface area (Å²) in [7, 11) is 0. The number of likely N-dealkylation sites (tertiary alicyclic amines) is 1. The van der Waals surface area contributed by atoms with Gasteiger partial charge in [0.2, 0.25) is 0 Å². The van der Waals surface area contributed by atoms with Crippen molar-refractivity contribution in [2.45, 2.75) is 103 Å². The van der Waals surface area contributed by atoms with E-state index in [9.17, 15) is 0 Å². The van der Waals surface area contributed by atoms with E-state index in [0.29, 0.717) is 0 Å². The summed E-state index contributed by atoms with van der Waals surface area (Å²) in [6, 6.07) is 2.33. The zero-order valence-electron chi connectivity index (χ0n) is 17.8. The van der Waals surface area contributed by atoms with Gasteiger partial charge in [0.05, 0.1) is 0 Å². The third kappa shape index (κ3) is 5.94. The Hall–Kier alpha value is -0.120. The van der Waals surface area contributed by atoms with Crippen molar-refractivity contribution in [2.75, 3.05) is 26.2 Å². The Kier molecular flexibility index (Phi) is 8.27. The first-order chi connectivity index (χ1) is 12.7. The Labute approximate surface area is 163 Å². The number of hydrogen-bond acceptors (Lipinski definition) is 3. The summed E-state index contributed by atoms with van der Waals surface area (Å²) in [5.74, 6) is 2.73. The van der Waals surface area contributed by atoms with Crippen molar-refractivity contribution in [2.24, 2.45) is 17.8 Å². The lowest BCUT2D eigenvalue weighted by molar-refractivity contribution is 0.128. The quantitative estimate of drug-likeness (QED) is 0.701. The number of hydrogen-bond donors (Lipinski definition) is 2. The van der Waals surface area contributed by atoms with Gasteiger partial charge in [-0.15, -0.1) is 0 Å². The van der Waals surface area contributed by atoms with Crippen molar-refractivity contribution >= 4 is 0 Å². The van der Waals surface area contributed by atoms with Crippen LogP contribution in [-0.2, 0) is 0 Å². The van der Waals surface area contributed by atoms with Gasteiger partial charge in [0, 0.05) is 18.1 Å². The SMILES string of the molecule is CC[C@@H]1CC(CC(C)[C@H]2CC(CC(C)N3CCCCC3)CCN2)CCN1. The minimum absolute atomic E-state index is 0.761. The molecule has 3 heteroatoms. The topological polar surface area (TPSA) is 27.3 Å². The highest BCUT2D eigenvalue weighted by Gasteiger charge is 2.30. The summed E-state index contributed by atoms with van der Waals surface area (Å²) in [6.45, 7) is 12.5. The molecule has 0 aliphatic carbocycles. The van der Waals surface area contributed by atoms with Crippen LogP contribution in [0.15, 0.2) is 0 Å². The van der Waals surface area contributed by atoms with Gasteiger partial charge in [-0.25, -0.2) is 0 Å². The molecular formula is C23H45N3. The van der Waals surface area contributed by atoms with Crippen molar-refractivity contribution in [3.05, 3.63) is 0 Å². The van der Waals surface area contributed by atoms with Crippen molar-refractivity contribution in [1.29, 1.82) is 0 Å². The Morgan fingerprint density at radius 1 is 0.885 bits per heavy atom. The van der Waals surface area contributed by atoms with Crippen LogP contribution in [-0.4, -0.2) is 49.2 Å². The molecule has 3 aliphatic rings. The van der Waals surface area contributed by atoms with Crippen LogP contribution < -0.4 is 10.6 Å². The average Bonchev–Trinajstić information content (AvgIpc) is 2.69. The lowest BCUT2D eigenvalue weighted by Gasteiger charge is -2.40. The molecule has 0 bridgehead atoms. The monoisotopic (exact) mass is 363 g/mol. The second kappa shape index (κ2) is 10.4. The lowest BCUT2D eigenvalue weighted by Crippen LogP contribution is -2.45. The molecule has 4 unspecified atom stereocenters. The minimum Gasteiger partial charge on any atom is -0.314 e. The number of nitrogens with one attached hydrogen (secondary N) is 2. The summed E-state index contributed by atoms with van der Waals surface area (Å²) in [5.41, 5.74) is 0. The second-order valence-corrected chi connectivity index (χ2v) is 9.80. The fourth-order valence-electron chi connectivity index (χ4n) is 5.98. The van der Waals surface area contributed by atoms with Gasteiger partial charge in [0.15, 0.2) is 0 Å². The largest absolute Gasteiger partial charge is 0.314 e. The fraction of sp³-hybridized carbons (Fsp3) is 1.00. The molecule has 3 nitrogen and oxygen atoms in total. The van der Waals surface area contributed by atoms with Crippen LogP contribution in [0.5, 0.6) is 0 Å². The third-order valence-corrected chi connectivity index (χ3v) is 7.72. The first kappa shape index (κ1) is 20.6. The molecule has 0 saturated carbocycles. The van der Waals surface area contributed by atoms with Crippen LogP contribution in [0.1, 0.15) is 85.0 Å². The molecule has 0 aromatic heterocycles. The molecule has 152 valence electrons. The molecule has 0 radical (unpaired) electrons. The van der Waals surface area contributed by atoms with Crippen LogP contribution in [0.2, 0.25) is 0 Å². The zero-order valence-corrected chi connectivity index (χ0v) is 17.8. The van der Waals surface area contributed by atoms with E-state index in [4.69, 9.17) is 0 Å². The van der Waals surface area contributed by atoms with E-state index in [0.717, 1.165) is 35.9 Å². The van der Waals surface area contributed by atoms with Gasteiger partial charge in [0.1, 0.15) is 0 Å². The number of piperidine rings is 3. The Morgan fingerprint density at radius 2 is 1.58 bits per heavy atom. The zero-order chi connectivity index (χ0) is 18.4. The highest BCUT2D eigenvalue weighted by atomic mass is 15.2. The van der Waals surface area contributed by atoms with E-state index in [1.54, 1.807) is 0 Å². The summed E-state index contributed by atoms with van der Waals surface area (Å²) >= 11 is 0. The molecule has 2 N–H and O–H groups in total. The van der Waals surface area contributed by atoms with Crippen LogP contribution in [0.25, 0.3) is 0 Å². The van der Waals surface area contributed by atoms with E-state index in [1.165, 1.54) is 90.4 Å². The van der Waals surface area contributed by atoms with Gasteiger partial charge in [-0.2, -0.15) is 0 Å². The summed E-state index contributed by atoms with van der Waals surface area (Å²) in [4.78, 5) is 2.77. The summed E-state index contributed by atoms with van der Waals surface area (Å²) in [5, 5.41) is 7.58. The maximum atomic E-state index is 3.89. The lowest BCUT2D eigenvalue weighted by atomic mass is 9.77. The molecule has 6 atom stereocenters. The molecular weight excluding hydrogens is 318 g/mol. The molecule has 3 aliphatic heterocycles. The van der Waals surface area contributed by atoms with Crippen molar-refractivity contribution in [3.8, 4) is 0 Å². The maximum Gasteiger partial charge on any atom is 0.00954 e. The van der Waals surface area contributed by atoms with E-state index >= 15 is 0 Å². The van der Waals surface area contributed by atoms with Crippen LogP contribution >= 0.6 is 0 Å². The Balaban J connectivity index is 1.43. The van der Waals surface area contributed by atoms with Gasteiger partial charge >= 0.3 is 0 Å². The fourth-order valence-corrected chi connectivity index (χ4v) is 5.98. The minimum atomic E-state index is 0.761. The van der Waals surface area contributed by atoms with Gasteiger partial charge in [-0.3, -0.25) is 0 Å². The predicted molar refractivity (Wildman–Crippen MR) is 113 cm³/mol. The van der Waals surface area contributed by atoms with E-state index in [2.05, 4.69) is 36.3 Å². The van der Waals surface area contributed by atoms with Crippen LogP contribution in [0, 0.1) is 17.8 Å². The van der Waals surface area contributed by atoms with E-state index in [-0.39, 0.29) is 0 Å². The summed E-state index contributed by atoms with van der Waals surface area (Å²) in [6.07, 6.45) is 14.1. The van der Waals surface area contributed by atoms with Crippen molar-refractivity contribution in [1.82, 2.24) is 15.5 Å². The van der Waals surface area contributed by atoms with Crippen LogP contribution in [0.4, 0.5) is 0 Å². The van der Waals surface area contributed by atoms with Crippen molar-refractivity contribution < 1.29 is 0 Å². The number of nitrogens with zero attached hydrogens (tertiary/aromatic N) is 1. The van der Waals surface area contributed by atoms with Gasteiger partial charge < -0.3 is 15.5 Å². The molecule has 0 aromatic carbocycles. The molecule has 3 rings (SSSR count). The molecule has 3 heterocycles. The standard InChI is InChI=1S/C23H45N3/c1-4-22-16-20(8-10-24-22)14-18(2)23-17-21(9-11-25-23)15-19(3)26-12-6-5-7-13-26/h18-25H,4-17H2,1-3H3/t18?,19?,20?,21?,22-,23-/m1/s1. The maximum absolute atomic E-state index is 3.89. The Morgan fingerprint density at radius 3 is 2.31 bits per heavy atom. The molecule has 0 spiro atoms. The summed E-state index contributed by atoms with van der Waals surface area (Å²) < 4.78 is 0. The number of rotatable bonds is 7. The van der Waals surface area contributed by atoms with Gasteiger partial charge in [-0.05, 0) is 109 Å². The van der Waals surface area contributed by atoms with Gasteiger partial charge in [-0.1, -0.05) is 20.3 Å². The average molecular weight is 364 g/mol. The highest BCUT2D eigenvalue weighted by Crippen LogP contribution is 2.32. The second-order valence-electron chi connectivity index (χ2n) is 9.80. The normalized spacial score (nSPS) is 36.6. The first-order valence-corrected chi connectivity index (χ1v) is 11.9. The molecule has 0 amide bonds. The molecule has 3 fully saturated rings. The van der Waals surface area contributed by atoms with Gasteiger partial charge in [0.25, 0.3) is 0 Å². The molecule has 0 aromatic rings. The van der Waals surface area contributed by atoms with E-state index in [1.807, 2.05) is 0 Å².